The number of hydrogen-bond donors (Lipinski definition) is 2. The summed E-state index contributed by atoms with van der Waals surface area (Å²) in [4.78, 5) is 24.4. The van der Waals surface area contributed by atoms with E-state index in [9.17, 15) is 14.0 Å². The van der Waals surface area contributed by atoms with Crippen LogP contribution in [0.15, 0.2) is 36.4 Å². The molecule has 0 heterocycles. The molecule has 26 heavy (non-hydrogen) atoms. The lowest BCUT2D eigenvalue weighted by atomic mass is 10.2. The fourth-order valence-corrected chi connectivity index (χ4v) is 2.53. The predicted molar refractivity (Wildman–Crippen MR) is 104 cm³/mol. The van der Waals surface area contributed by atoms with Crippen molar-refractivity contribution >= 4 is 46.6 Å². The Hall–Kier alpha value is -2.25. The number of carbonyl (C=O) groups is 2. The van der Waals surface area contributed by atoms with Crippen LogP contribution in [0.4, 0.5) is 15.8 Å². The molecule has 0 aliphatic rings. The van der Waals surface area contributed by atoms with Crippen molar-refractivity contribution in [3.05, 3.63) is 52.8 Å². The smallest absolute Gasteiger partial charge is 0.258 e. The Balaban J connectivity index is 2.25. The van der Waals surface area contributed by atoms with Gasteiger partial charge in [0.15, 0.2) is 0 Å². The number of anilines is 2. The summed E-state index contributed by atoms with van der Waals surface area (Å²) in [6.45, 7) is 1.79. The minimum Gasteiger partial charge on any atom is -0.495 e. The van der Waals surface area contributed by atoms with E-state index >= 15 is 0 Å². The number of amides is 2. The largest absolute Gasteiger partial charge is 0.495 e. The molecule has 2 N–H and O–H groups in total. The Bertz CT molecular complexity index is 832. The van der Waals surface area contributed by atoms with Crippen molar-refractivity contribution in [3.8, 4) is 5.75 Å². The van der Waals surface area contributed by atoms with Gasteiger partial charge in [-0.3, -0.25) is 9.59 Å². The molecular formula is C18H18ClFN2O3S. The molecule has 5 nitrogen and oxygen atoms in total. The highest BCUT2D eigenvalue weighted by molar-refractivity contribution is 7.99. The van der Waals surface area contributed by atoms with Crippen LogP contribution in [0.2, 0.25) is 5.02 Å². The topological polar surface area (TPSA) is 67.4 Å². The number of hydrogen-bond acceptors (Lipinski definition) is 4. The number of halogens is 2. The van der Waals surface area contributed by atoms with Gasteiger partial charge in [-0.05, 0) is 49.6 Å². The molecule has 0 aliphatic carbocycles. The first kappa shape index (κ1) is 20.1. The molecule has 0 aromatic heterocycles. The Labute approximate surface area is 160 Å². The second-order valence-corrected chi connectivity index (χ2v) is 6.98. The van der Waals surface area contributed by atoms with Crippen molar-refractivity contribution in [2.24, 2.45) is 0 Å². The van der Waals surface area contributed by atoms with Crippen LogP contribution in [-0.4, -0.2) is 30.4 Å². The van der Waals surface area contributed by atoms with Crippen LogP contribution in [0.5, 0.6) is 5.75 Å². The van der Waals surface area contributed by atoms with Crippen molar-refractivity contribution in [1.29, 1.82) is 0 Å². The summed E-state index contributed by atoms with van der Waals surface area (Å²) in [6.07, 6.45) is 1.84. The highest BCUT2D eigenvalue weighted by Gasteiger charge is 2.16. The third kappa shape index (κ3) is 4.89. The molecule has 1 unspecified atom stereocenters. The lowest BCUT2D eigenvalue weighted by Crippen LogP contribution is -2.22. The van der Waals surface area contributed by atoms with Gasteiger partial charge in [-0.1, -0.05) is 11.6 Å². The van der Waals surface area contributed by atoms with Crippen LogP contribution in [0, 0.1) is 5.82 Å². The Morgan fingerprint density at radius 2 is 1.92 bits per heavy atom. The molecule has 1 atom stereocenters. The summed E-state index contributed by atoms with van der Waals surface area (Å²) >= 11 is 7.12. The van der Waals surface area contributed by atoms with Crippen LogP contribution in [0.25, 0.3) is 0 Å². The van der Waals surface area contributed by atoms with E-state index in [1.807, 2.05) is 6.26 Å². The number of rotatable bonds is 6. The second kappa shape index (κ2) is 8.91. The molecule has 0 radical (unpaired) electrons. The maximum atomic E-state index is 13.9. The number of carbonyl (C=O) groups excluding carboxylic acids is 2. The van der Waals surface area contributed by atoms with Crippen LogP contribution >= 0.6 is 23.4 Å². The third-order valence-electron chi connectivity index (χ3n) is 3.61. The molecule has 0 saturated carbocycles. The Morgan fingerprint density at radius 1 is 1.19 bits per heavy atom. The maximum Gasteiger partial charge on any atom is 0.258 e. The van der Waals surface area contributed by atoms with Gasteiger partial charge in [0.05, 0.1) is 23.6 Å². The molecule has 0 fully saturated rings. The zero-order chi connectivity index (χ0) is 19.3. The Morgan fingerprint density at radius 3 is 2.54 bits per heavy atom. The highest BCUT2D eigenvalue weighted by atomic mass is 35.5. The zero-order valence-electron chi connectivity index (χ0n) is 14.4. The maximum absolute atomic E-state index is 13.9. The van der Waals surface area contributed by atoms with Gasteiger partial charge in [-0.2, -0.15) is 11.8 Å². The first-order valence-corrected chi connectivity index (χ1v) is 9.30. The lowest BCUT2D eigenvalue weighted by Gasteiger charge is -2.14. The normalized spacial score (nSPS) is 11.6. The van der Waals surface area contributed by atoms with E-state index in [2.05, 4.69) is 10.6 Å². The minimum atomic E-state index is -0.729. The van der Waals surface area contributed by atoms with E-state index in [1.165, 1.54) is 31.0 Å². The first-order valence-electron chi connectivity index (χ1n) is 7.63. The lowest BCUT2D eigenvalue weighted by molar-refractivity contribution is -0.115. The second-order valence-electron chi connectivity index (χ2n) is 5.36. The summed E-state index contributed by atoms with van der Waals surface area (Å²) in [5.41, 5.74) is 0.645. The molecule has 0 saturated heterocycles. The molecule has 2 rings (SSSR count). The van der Waals surface area contributed by atoms with Crippen LogP contribution < -0.4 is 15.4 Å². The van der Waals surface area contributed by atoms with Gasteiger partial charge in [0.2, 0.25) is 5.91 Å². The van der Waals surface area contributed by atoms with Gasteiger partial charge in [0.1, 0.15) is 11.6 Å². The van der Waals surface area contributed by atoms with Gasteiger partial charge in [-0.25, -0.2) is 4.39 Å². The van der Waals surface area contributed by atoms with Crippen molar-refractivity contribution in [2.75, 3.05) is 24.0 Å². The van der Waals surface area contributed by atoms with Crippen LogP contribution in [0.1, 0.15) is 17.3 Å². The van der Waals surface area contributed by atoms with E-state index < -0.39 is 11.7 Å². The summed E-state index contributed by atoms with van der Waals surface area (Å²) in [5.74, 6) is -1.17. The van der Waals surface area contributed by atoms with Gasteiger partial charge in [-0.15, -0.1) is 0 Å². The minimum absolute atomic E-state index is 0.151. The monoisotopic (exact) mass is 396 g/mol. The van der Waals surface area contributed by atoms with Gasteiger partial charge >= 0.3 is 0 Å². The number of ether oxygens (including phenoxy) is 1. The summed E-state index contributed by atoms with van der Waals surface area (Å²) < 4.78 is 19.1. The fraction of sp³-hybridized carbons (Fsp3) is 0.222. The number of methoxy groups -OCH3 is 1. The van der Waals surface area contributed by atoms with Crippen molar-refractivity contribution < 1.29 is 18.7 Å². The van der Waals surface area contributed by atoms with E-state index in [-0.39, 0.29) is 21.7 Å². The molecule has 2 amide bonds. The van der Waals surface area contributed by atoms with E-state index in [1.54, 1.807) is 25.1 Å². The average Bonchev–Trinajstić information content (AvgIpc) is 2.61. The van der Waals surface area contributed by atoms with E-state index in [0.717, 1.165) is 6.07 Å². The average molecular weight is 397 g/mol. The Kier molecular flexibility index (Phi) is 6.88. The van der Waals surface area contributed by atoms with E-state index in [0.29, 0.717) is 17.1 Å². The summed E-state index contributed by atoms with van der Waals surface area (Å²) in [7, 11) is 1.45. The molecule has 0 bridgehead atoms. The van der Waals surface area contributed by atoms with Gasteiger partial charge in [0, 0.05) is 10.7 Å². The molecule has 8 heteroatoms. The van der Waals surface area contributed by atoms with Crippen LogP contribution in [0.3, 0.4) is 0 Å². The molecular weight excluding hydrogens is 379 g/mol. The molecule has 138 valence electrons. The quantitative estimate of drug-likeness (QED) is 0.758. The van der Waals surface area contributed by atoms with Crippen molar-refractivity contribution in [1.82, 2.24) is 0 Å². The number of benzene rings is 2. The van der Waals surface area contributed by atoms with Gasteiger partial charge in [0.25, 0.3) is 5.91 Å². The molecule has 0 aliphatic heterocycles. The molecule has 0 spiro atoms. The molecule has 2 aromatic carbocycles. The highest BCUT2D eigenvalue weighted by Crippen LogP contribution is 2.29. The van der Waals surface area contributed by atoms with Gasteiger partial charge < -0.3 is 15.4 Å². The summed E-state index contributed by atoms with van der Waals surface area (Å²) in [6, 6.07) is 8.60. The molecule has 2 aromatic rings. The standard InChI is InChI=1S/C18H18ClFN2O3S/c1-10(26-3)17(23)21-12-5-7-16(25-2)15(9-12)22-18(24)13-6-4-11(19)8-14(13)20/h4-10H,1-3H3,(H,21,23)(H,22,24). The number of thioether (sulfide) groups is 1. The third-order valence-corrected chi connectivity index (χ3v) is 4.77. The first-order chi connectivity index (χ1) is 12.3. The fourth-order valence-electron chi connectivity index (χ4n) is 2.10. The SMILES string of the molecule is COc1ccc(NC(=O)C(C)SC)cc1NC(=O)c1ccc(Cl)cc1F. The predicted octanol–water partition coefficient (Wildman–Crippen LogP) is 4.43. The zero-order valence-corrected chi connectivity index (χ0v) is 16.0. The van der Waals surface area contributed by atoms with Crippen molar-refractivity contribution in [3.63, 3.8) is 0 Å². The van der Waals surface area contributed by atoms with E-state index in [4.69, 9.17) is 16.3 Å². The van der Waals surface area contributed by atoms with Crippen molar-refractivity contribution in [2.45, 2.75) is 12.2 Å². The van der Waals surface area contributed by atoms with Crippen LogP contribution in [-0.2, 0) is 4.79 Å². The summed E-state index contributed by atoms with van der Waals surface area (Å²) in [5, 5.41) is 5.32. The number of nitrogens with one attached hydrogen (secondary N) is 2.